The standard InChI is InChI=1S/C25H24ClN7O3S/c1-12-6-17(34)33(9-12)10-13-7-28-24(26)31-23(13)36-16-8-27-19-14(30-16)4-5-15-18(19)20-21(37-15)22(35)32-25(2,3)11-29-20/h4-5,7-8,12,29H,6,9-11H2,1-3H3,(H,32,35). The van der Waals surface area contributed by atoms with Crippen molar-refractivity contribution in [2.75, 3.05) is 18.4 Å². The average molecular weight is 538 g/mol. The van der Waals surface area contributed by atoms with Gasteiger partial charge in [-0.15, -0.1) is 11.3 Å². The maximum absolute atomic E-state index is 12.9. The predicted octanol–water partition coefficient (Wildman–Crippen LogP) is 4.38. The van der Waals surface area contributed by atoms with E-state index >= 15 is 0 Å². The van der Waals surface area contributed by atoms with Gasteiger partial charge in [0.25, 0.3) is 5.91 Å². The first-order valence-corrected chi connectivity index (χ1v) is 13.1. The second-order valence-electron chi connectivity index (χ2n) is 10.2. The number of nitrogens with one attached hydrogen (secondary N) is 2. The molecule has 2 aliphatic heterocycles. The molecule has 0 saturated carbocycles. The van der Waals surface area contributed by atoms with E-state index < -0.39 is 0 Å². The second kappa shape index (κ2) is 8.77. The van der Waals surface area contributed by atoms with Gasteiger partial charge < -0.3 is 20.3 Å². The van der Waals surface area contributed by atoms with E-state index in [-0.39, 0.29) is 34.4 Å². The van der Waals surface area contributed by atoms with Crippen LogP contribution >= 0.6 is 22.9 Å². The van der Waals surface area contributed by atoms with Crippen LogP contribution in [-0.4, -0.2) is 55.3 Å². The van der Waals surface area contributed by atoms with Crippen molar-refractivity contribution in [3.8, 4) is 11.8 Å². The molecule has 0 aliphatic carbocycles. The van der Waals surface area contributed by atoms with Crippen molar-refractivity contribution in [2.45, 2.75) is 39.3 Å². The number of carbonyl (C=O) groups is 2. The number of nitrogens with zero attached hydrogens (tertiary/aromatic N) is 5. The highest BCUT2D eigenvalue weighted by atomic mass is 35.5. The largest absolute Gasteiger partial charge is 0.418 e. The zero-order valence-electron chi connectivity index (χ0n) is 20.5. The van der Waals surface area contributed by atoms with Crippen LogP contribution in [0.25, 0.3) is 21.1 Å². The molecule has 6 rings (SSSR count). The molecule has 1 saturated heterocycles. The van der Waals surface area contributed by atoms with Crippen LogP contribution < -0.4 is 15.4 Å². The number of ether oxygens (including phenoxy) is 1. The molecule has 1 fully saturated rings. The molecule has 0 radical (unpaired) electrons. The van der Waals surface area contributed by atoms with E-state index in [1.54, 1.807) is 11.1 Å². The van der Waals surface area contributed by atoms with Crippen molar-refractivity contribution in [1.82, 2.24) is 30.2 Å². The molecule has 3 aromatic heterocycles. The number of thiophene rings is 1. The van der Waals surface area contributed by atoms with Gasteiger partial charge in [0.1, 0.15) is 4.88 Å². The van der Waals surface area contributed by atoms with E-state index in [1.807, 2.05) is 32.9 Å². The molecule has 190 valence electrons. The first-order chi connectivity index (χ1) is 17.7. The number of halogens is 1. The molecule has 2 aliphatic rings. The number of fused-ring (bicyclic) bond motifs is 5. The van der Waals surface area contributed by atoms with Crippen LogP contribution in [0.3, 0.4) is 0 Å². The van der Waals surface area contributed by atoms with Gasteiger partial charge in [0, 0.05) is 35.8 Å². The Morgan fingerprint density at radius 2 is 2.05 bits per heavy atom. The van der Waals surface area contributed by atoms with E-state index in [0.717, 1.165) is 15.8 Å². The van der Waals surface area contributed by atoms with Crippen molar-refractivity contribution in [3.63, 3.8) is 0 Å². The van der Waals surface area contributed by atoms with Gasteiger partial charge >= 0.3 is 0 Å². The Kier molecular flexibility index (Phi) is 5.64. The summed E-state index contributed by atoms with van der Waals surface area (Å²) in [5, 5.41) is 7.39. The fraction of sp³-hybridized carbons (Fsp3) is 0.360. The smallest absolute Gasteiger partial charge is 0.263 e. The maximum Gasteiger partial charge on any atom is 0.263 e. The SMILES string of the molecule is CC1CC(=O)N(Cc2cnc(Cl)nc2Oc2cnc3c(ccc4sc5c(c43)NCC(C)(C)NC5=O)n2)C1. The molecular weight excluding hydrogens is 514 g/mol. The van der Waals surface area contributed by atoms with Gasteiger partial charge in [0.05, 0.1) is 40.6 Å². The van der Waals surface area contributed by atoms with Gasteiger partial charge in [-0.3, -0.25) is 9.59 Å². The van der Waals surface area contributed by atoms with Crippen molar-refractivity contribution in [1.29, 1.82) is 0 Å². The predicted molar refractivity (Wildman–Crippen MR) is 141 cm³/mol. The lowest BCUT2D eigenvalue weighted by molar-refractivity contribution is -0.128. The Labute approximate surface area is 221 Å². The highest BCUT2D eigenvalue weighted by Gasteiger charge is 2.31. The molecule has 1 unspecified atom stereocenters. The highest BCUT2D eigenvalue weighted by molar-refractivity contribution is 7.21. The zero-order valence-corrected chi connectivity index (χ0v) is 22.0. The number of anilines is 1. The molecule has 2 amide bonds. The Balaban J connectivity index is 1.35. The molecule has 0 spiro atoms. The quantitative estimate of drug-likeness (QED) is 0.368. The van der Waals surface area contributed by atoms with Crippen molar-refractivity contribution in [2.24, 2.45) is 5.92 Å². The van der Waals surface area contributed by atoms with E-state index in [0.29, 0.717) is 53.4 Å². The van der Waals surface area contributed by atoms with Gasteiger partial charge in [-0.2, -0.15) is 4.98 Å². The summed E-state index contributed by atoms with van der Waals surface area (Å²) in [5.74, 6) is 0.742. The first kappa shape index (κ1) is 23.8. The summed E-state index contributed by atoms with van der Waals surface area (Å²) in [7, 11) is 0. The van der Waals surface area contributed by atoms with Crippen LogP contribution in [0.5, 0.6) is 11.8 Å². The van der Waals surface area contributed by atoms with Gasteiger partial charge in [-0.1, -0.05) is 6.92 Å². The zero-order chi connectivity index (χ0) is 25.9. The van der Waals surface area contributed by atoms with Gasteiger partial charge in [-0.05, 0) is 43.5 Å². The molecule has 37 heavy (non-hydrogen) atoms. The Hall–Kier alpha value is -3.57. The van der Waals surface area contributed by atoms with E-state index in [1.165, 1.54) is 17.5 Å². The molecule has 1 atom stereocenters. The second-order valence-corrected chi connectivity index (χ2v) is 11.6. The number of hydrogen-bond acceptors (Lipinski definition) is 9. The summed E-state index contributed by atoms with van der Waals surface area (Å²) < 4.78 is 6.96. The first-order valence-electron chi connectivity index (χ1n) is 11.9. The van der Waals surface area contributed by atoms with Gasteiger partial charge in [-0.25, -0.2) is 15.0 Å². The minimum atomic E-state index is -0.381. The Morgan fingerprint density at radius 1 is 1.22 bits per heavy atom. The van der Waals surface area contributed by atoms with Gasteiger partial charge in [0.2, 0.25) is 23.0 Å². The number of hydrogen-bond donors (Lipinski definition) is 2. The lowest BCUT2D eigenvalue weighted by atomic mass is 10.1. The number of aromatic nitrogens is 4. The number of benzene rings is 1. The lowest BCUT2D eigenvalue weighted by Crippen LogP contribution is -2.46. The van der Waals surface area contributed by atoms with E-state index in [2.05, 4.69) is 30.6 Å². The molecule has 2 N–H and O–H groups in total. The minimum absolute atomic E-state index is 0.0311. The van der Waals surface area contributed by atoms with Crippen molar-refractivity contribution < 1.29 is 14.3 Å². The number of carbonyl (C=O) groups excluding carboxylic acids is 2. The Morgan fingerprint density at radius 3 is 2.84 bits per heavy atom. The minimum Gasteiger partial charge on any atom is -0.418 e. The third-order valence-electron chi connectivity index (χ3n) is 6.47. The van der Waals surface area contributed by atoms with Crippen molar-refractivity contribution >= 4 is 61.6 Å². The fourth-order valence-corrected chi connectivity index (χ4v) is 5.94. The van der Waals surface area contributed by atoms with Crippen LogP contribution in [0.4, 0.5) is 5.69 Å². The third kappa shape index (κ3) is 4.42. The number of likely N-dealkylation sites (tertiary alicyclic amines) is 1. The van der Waals surface area contributed by atoms with Crippen LogP contribution in [0, 0.1) is 5.92 Å². The van der Waals surface area contributed by atoms with Crippen LogP contribution in [-0.2, 0) is 11.3 Å². The monoisotopic (exact) mass is 537 g/mol. The van der Waals surface area contributed by atoms with Crippen molar-refractivity contribution in [3.05, 3.63) is 40.3 Å². The summed E-state index contributed by atoms with van der Waals surface area (Å²) in [6.45, 7) is 7.57. The summed E-state index contributed by atoms with van der Waals surface area (Å²) in [4.78, 5) is 45.2. The topological polar surface area (TPSA) is 122 Å². The number of amides is 2. The van der Waals surface area contributed by atoms with E-state index in [9.17, 15) is 9.59 Å². The van der Waals surface area contributed by atoms with Crippen LogP contribution in [0.2, 0.25) is 5.28 Å². The molecule has 1 aromatic carbocycles. The van der Waals surface area contributed by atoms with Crippen LogP contribution in [0.1, 0.15) is 42.4 Å². The number of rotatable bonds is 4. The summed E-state index contributed by atoms with van der Waals surface area (Å²) >= 11 is 7.48. The molecular formula is C25H24ClN7O3S. The molecule has 12 heteroatoms. The molecule has 10 nitrogen and oxygen atoms in total. The lowest BCUT2D eigenvalue weighted by Gasteiger charge is -2.23. The fourth-order valence-electron chi connectivity index (χ4n) is 4.74. The molecule has 5 heterocycles. The van der Waals surface area contributed by atoms with Crippen LogP contribution in [0.15, 0.2) is 24.5 Å². The Bertz CT molecular complexity index is 1590. The third-order valence-corrected chi connectivity index (χ3v) is 7.81. The average Bonchev–Trinajstić information content (AvgIpc) is 3.34. The molecule has 0 bridgehead atoms. The summed E-state index contributed by atoms with van der Waals surface area (Å²) in [6.07, 6.45) is 3.61. The highest BCUT2D eigenvalue weighted by Crippen LogP contribution is 2.41. The summed E-state index contributed by atoms with van der Waals surface area (Å²) in [6, 6.07) is 3.79. The maximum atomic E-state index is 12.9. The normalized spacial score (nSPS) is 19.0. The summed E-state index contributed by atoms with van der Waals surface area (Å²) in [5.41, 5.74) is 2.30. The van der Waals surface area contributed by atoms with E-state index in [4.69, 9.17) is 16.3 Å². The molecule has 4 aromatic rings. The van der Waals surface area contributed by atoms with Gasteiger partial charge in [0.15, 0.2) is 0 Å².